The van der Waals surface area contributed by atoms with Gasteiger partial charge in [-0.2, -0.15) is 0 Å². The second-order valence-corrected chi connectivity index (χ2v) is 4.85. The Hall–Kier alpha value is -1.80. The minimum absolute atomic E-state index is 0.302. The van der Waals surface area contributed by atoms with Crippen molar-refractivity contribution in [3.05, 3.63) is 65.7 Å². The summed E-state index contributed by atoms with van der Waals surface area (Å²) < 4.78 is 0. The van der Waals surface area contributed by atoms with Crippen molar-refractivity contribution in [3.8, 4) is 5.75 Å². The molecule has 0 saturated heterocycles. The fourth-order valence-electron chi connectivity index (χ4n) is 2.30. The van der Waals surface area contributed by atoms with Crippen molar-refractivity contribution >= 4 is 0 Å². The molecule has 2 heteroatoms. The van der Waals surface area contributed by atoms with Crippen LogP contribution in [0, 0.1) is 0 Å². The van der Waals surface area contributed by atoms with E-state index < -0.39 is 0 Å². The molecule has 19 heavy (non-hydrogen) atoms. The lowest BCUT2D eigenvalue weighted by Crippen LogP contribution is -2.24. The van der Waals surface area contributed by atoms with E-state index in [0.29, 0.717) is 17.8 Å². The molecule has 0 spiro atoms. The number of hydrogen-bond acceptors (Lipinski definition) is 2. The monoisotopic (exact) mass is 255 g/mol. The second kappa shape index (κ2) is 6.39. The Morgan fingerprint density at radius 1 is 0.947 bits per heavy atom. The molecule has 1 unspecified atom stereocenters. The van der Waals surface area contributed by atoms with Crippen molar-refractivity contribution in [3.63, 3.8) is 0 Å². The summed E-state index contributed by atoms with van der Waals surface area (Å²) in [4.78, 5) is 0. The molecule has 0 fully saturated rings. The van der Waals surface area contributed by atoms with Crippen LogP contribution in [0.5, 0.6) is 5.75 Å². The molecule has 0 bridgehead atoms. The molecule has 2 nitrogen and oxygen atoms in total. The van der Waals surface area contributed by atoms with E-state index in [4.69, 9.17) is 0 Å². The van der Waals surface area contributed by atoms with Gasteiger partial charge in [0, 0.05) is 12.1 Å². The van der Waals surface area contributed by atoms with E-state index in [2.05, 4.69) is 43.4 Å². The highest BCUT2D eigenvalue weighted by Crippen LogP contribution is 2.23. The first kappa shape index (κ1) is 13.6. The Morgan fingerprint density at radius 3 is 2.16 bits per heavy atom. The zero-order valence-electron chi connectivity index (χ0n) is 11.5. The van der Waals surface area contributed by atoms with Gasteiger partial charge in [0.05, 0.1) is 0 Å². The Labute approximate surface area is 115 Å². The smallest absolute Gasteiger partial charge is 0.115 e. The number of rotatable bonds is 5. The zero-order chi connectivity index (χ0) is 13.7. The van der Waals surface area contributed by atoms with Gasteiger partial charge < -0.3 is 10.4 Å². The van der Waals surface area contributed by atoms with Crippen LogP contribution in [0.2, 0.25) is 0 Å². The van der Waals surface area contributed by atoms with Crippen LogP contribution in [0.3, 0.4) is 0 Å². The van der Waals surface area contributed by atoms with Crippen molar-refractivity contribution in [2.75, 3.05) is 0 Å². The van der Waals surface area contributed by atoms with Crippen molar-refractivity contribution < 1.29 is 5.11 Å². The van der Waals surface area contributed by atoms with Gasteiger partial charge in [0.25, 0.3) is 0 Å². The van der Waals surface area contributed by atoms with E-state index >= 15 is 0 Å². The van der Waals surface area contributed by atoms with Crippen molar-refractivity contribution in [1.82, 2.24) is 5.32 Å². The minimum Gasteiger partial charge on any atom is -0.508 e. The largest absolute Gasteiger partial charge is 0.508 e. The lowest BCUT2D eigenvalue weighted by molar-refractivity contribution is 0.453. The molecule has 100 valence electrons. The molecule has 2 atom stereocenters. The number of benzene rings is 2. The first-order valence-corrected chi connectivity index (χ1v) is 6.80. The number of phenolic OH excluding ortho intramolecular Hbond substituents is 1. The summed E-state index contributed by atoms with van der Waals surface area (Å²) in [6.07, 6.45) is 1.02. The second-order valence-electron chi connectivity index (χ2n) is 4.85. The maximum absolute atomic E-state index is 9.35. The SMILES string of the molecule is CCC(N[C@H](C)c1ccccc1)c1ccc(O)cc1. The molecule has 2 N–H and O–H groups in total. The fraction of sp³-hybridized carbons (Fsp3) is 0.294. The van der Waals surface area contributed by atoms with Gasteiger partial charge in [-0.05, 0) is 36.6 Å². The van der Waals surface area contributed by atoms with Gasteiger partial charge in [-0.15, -0.1) is 0 Å². The highest BCUT2D eigenvalue weighted by Gasteiger charge is 2.13. The number of hydrogen-bond donors (Lipinski definition) is 2. The van der Waals surface area contributed by atoms with Crippen molar-refractivity contribution in [2.24, 2.45) is 0 Å². The first-order chi connectivity index (χ1) is 9.20. The van der Waals surface area contributed by atoms with Crippen LogP contribution in [0.25, 0.3) is 0 Å². The Balaban J connectivity index is 2.09. The molecule has 0 aliphatic heterocycles. The summed E-state index contributed by atoms with van der Waals surface area (Å²) >= 11 is 0. The molecular formula is C17H21NO. The zero-order valence-corrected chi connectivity index (χ0v) is 11.5. The normalized spacial score (nSPS) is 14.0. The summed E-state index contributed by atoms with van der Waals surface area (Å²) in [6, 6.07) is 18.5. The first-order valence-electron chi connectivity index (χ1n) is 6.80. The Bertz CT molecular complexity index is 492. The van der Waals surface area contributed by atoms with E-state index in [-0.39, 0.29) is 0 Å². The van der Waals surface area contributed by atoms with Crippen molar-refractivity contribution in [2.45, 2.75) is 32.4 Å². The van der Waals surface area contributed by atoms with Gasteiger partial charge in [0.2, 0.25) is 0 Å². The van der Waals surface area contributed by atoms with Gasteiger partial charge >= 0.3 is 0 Å². The summed E-state index contributed by atoms with van der Waals surface area (Å²) in [6.45, 7) is 4.35. The van der Waals surface area contributed by atoms with Gasteiger partial charge in [0.1, 0.15) is 5.75 Å². The molecule has 2 aromatic rings. The predicted molar refractivity (Wildman–Crippen MR) is 79.1 cm³/mol. The van der Waals surface area contributed by atoms with Gasteiger partial charge in [0.15, 0.2) is 0 Å². The van der Waals surface area contributed by atoms with Crippen LogP contribution < -0.4 is 5.32 Å². The summed E-state index contributed by atoms with van der Waals surface area (Å²) in [7, 11) is 0. The minimum atomic E-state index is 0.302. The Kier molecular flexibility index (Phi) is 4.58. The highest BCUT2D eigenvalue weighted by atomic mass is 16.3. The molecule has 2 rings (SSSR count). The molecule has 0 heterocycles. The van der Waals surface area contributed by atoms with Crippen LogP contribution in [0.4, 0.5) is 0 Å². The molecule has 0 saturated carbocycles. The fourth-order valence-corrected chi connectivity index (χ4v) is 2.30. The average molecular weight is 255 g/mol. The lowest BCUT2D eigenvalue weighted by atomic mass is 10.0. The summed E-state index contributed by atoms with van der Waals surface area (Å²) in [5.41, 5.74) is 2.50. The van der Waals surface area contributed by atoms with Gasteiger partial charge in [-0.1, -0.05) is 49.4 Å². The molecule has 0 radical (unpaired) electrons. The molecular weight excluding hydrogens is 234 g/mol. The standard InChI is InChI=1S/C17H21NO/c1-3-17(15-9-11-16(19)12-10-15)18-13(2)14-7-5-4-6-8-14/h4-13,17-19H,3H2,1-2H3/t13-,17?/m1/s1. The molecule has 0 aromatic heterocycles. The molecule has 0 aliphatic carbocycles. The quantitative estimate of drug-likeness (QED) is 0.839. The van der Waals surface area contributed by atoms with Crippen molar-refractivity contribution in [1.29, 1.82) is 0 Å². The van der Waals surface area contributed by atoms with E-state index in [0.717, 1.165) is 6.42 Å². The van der Waals surface area contributed by atoms with E-state index in [9.17, 15) is 5.11 Å². The third-order valence-corrected chi connectivity index (χ3v) is 3.45. The topological polar surface area (TPSA) is 32.3 Å². The molecule has 0 aliphatic rings. The average Bonchev–Trinajstić information content (AvgIpc) is 2.46. The van der Waals surface area contributed by atoms with Gasteiger partial charge in [-0.25, -0.2) is 0 Å². The van der Waals surface area contributed by atoms with E-state index in [1.165, 1.54) is 11.1 Å². The summed E-state index contributed by atoms with van der Waals surface area (Å²) in [5, 5.41) is 13.0. The third-order valence-electron chi connectivity index (χ3n) is 3.45. The van der Waals surface area contributed by atoms with Crippen LogP contribution in [0.15, 0.2) is 54.6 Å². The van der Waals surface area contributed by atoms with Crippen LogP contribution in [-0.2, 0) is 0 Å². The van der Waals surface area contributed by atoms with Gasteiger partial charge in [-0.3, -0.25) is 0 Å². The van der Waals surface area contributed by atoms with E-state index in [1.807, 2.05) is 18.2 Å². The highest BCUT2D eigenvalue weighted by molar-refractivity contribution is 5.28. The number of phenols is 1. The maximum atomic E-state index is 9.35. The molecule has 2 aromatic carbocycles. The lowest BCUT2D eigenvalue weighted by Gasteiger charge is -2.23. The third kappa shape index (κ3) is 3.58. The van der Waals surface area contributed by atoms with Crippen LogP contribution in [-0.4, -0.2) is 5.11 Å². The Morgan fingerprint density at radius 2 is 1.58 bits per heavy atom. The number of nitrogens with one attached hydrogen (secondary N) is 1. The predicted octanol–water partition coefficient (Wildman–Crippen LogP) is 4.19. The van der Waals surface area contributed by atoms with Crippen LogP contribution in [0.1, 0.15) is 43.5 Å². The summed E-state index contributed by atoms with van der Waals surface area (Å²) in [5.74, 6) is 0.315. The molecule has 0 amide bonds. The van der Waals surface area contributed by atoms with Crippen LogP contribution >= 0.6 is 0 Å². The maximum Gasteiger partial charge on any atom is 0.115 e. The number of aromatic hydroxyl groups is 1. The van der Waals surface area contributed by atoms with E-state index in [1.54, 1.807) is 12.1 Å².